The predicted molar refractivity (Wildman–Crippen MR) is 124 cm³/mol. The number of fused-ring (bicyclic) bond motifs is 1. The number of hydrogen-bond donors (Lipinski definition) is 2. The van der Waals surface area contributed by atoms with Crippen LogP contribution in [0.25, 0.3) is 16.7 Å². The predicted octanol–water partition coefficient (Wildman–Crippen LogP) is 4.70. The molecule has 1 aliphatic rings. The first-order valence-electron chi connectivity index (χ1n) is 11.1. The van der Waals surface area contributed by atoms with E-state index in [1.165, 1.54) is 19.3 Å². The molecule has 0 saturated heterocycles. The van der Waals surface area contributed by atoms with Crippen LogP contribution in [0.15, 0.2) is 30.5 Å². The second kappa shape index (κ2) is 9.64. The normalized spacial score (nSPS) is 14.8. The average Bonchev–Trinajstić information content (AvgIpc) is 3.21. The molecule has 1 aromatic carbocycles. The van der Waals surface area contributed by atoms with E-state index in [0.717, 1.165) is 41.2 Å². The van der Waals surface area contributed by atoms with Gasteiger partial charge in [0.25, 0.3) is 0 Å². The fourth-order valence-electron chi connectivity index (χ4n) is 3.97. The number of carbonyl (C=O) groups is 1. The van der Waals surface area contributed by atoms with E-state index in [1.54, 1.807) is 10.9 Å². The first kappa shape index (κ1) is 21.6. The summed E-state index contributed by atoms with van der Waals surface area (Å²) < 4.78 is 1.79. The minimum Gasteiger partial charge on any atom is -0.368 e. The quantitative estimate of drug-likeness (QED) is 0.520. The number of nitrogens with one attached hydrogen (secondary N) is 2. The van der Waals surface area contributed by atoms with E-state index in [2.05, 4.69) is 15.7 Å². The summed E-state index contributed by atoms with van der Waals surface area (Å²) in [5.41, 5.74) is 1.54. The number of amides is 1. The number of halogens is 1. The standard InChI is InChI=1S/C23H29ClN6O/c1-15(2)23(31)26-13-12-25-21-17-14-27-30(19-11-7-6-10-18(19)24)22(17)29-20(28-21)16-8-4-3-5-9-16/h6-7,10-11,14-16H,3-5,8-9,12-13H2,1-2H3,(H,26,31)(H,25,28,29). The number of hydrogen-bond acceptors (Lipinski definition) is 5. The van der Waals surface area contributed by atoms with Crippen LogP contribution in [0.1, 0.15) is 57.7 Å². The third-order valence-corrected chi connectivity index (χ3v) is 6.06. The number of carbonyl (C=O) groups excluding carboxylic acids is 1. The lowest BCUT2D eigenvalue weighted by molar-refractivity contribution is -0.123. The van der Waals surface area contributed by atoms with Crippen LogP contribution in [0.2, 0.25) is 5.02 Å². The van der Waals surface area contributed by atoms with Crippen molar-refractivity contribution in [2.45, 2.75) is 51.9 Å². The van der Waals surface area contributed by atoms with Crippen LogP contribution in [0.5, 0.6) is 0 Å². The van der Waals surface area contributed by atoms with Crippen molar-refractivity contribution >= 4 is 34.4 Å². The topological polar surface area (TPSA) is 84.7 Å². The van der Waals surface area contributed by atoms with E-state index in [9.17, 15) is 4.79 Å². The van der Waals surface area contributed by atoms with Gasteiger partial charge in [0.15, 0.2) is 5.65 Å². The summed E-state index contributed by atoms with van der Waals surface area (Å²) in [6.07, 6.45) is 7.68. The van der Waals surface area contributed by atoms with Crippen LogP contribution in [-0.4, -0.2) is 38.7 Å². The van der Waals surface area contributed by atoms with E-state index in [-0.39, 0.29) is 11.8 Å². The minimum atomic E-state index is -0.0301. The molecule has 0 spiro atoms. The van der Waals surface area contributed by atoms with Crippen molar-refractivity contribution in [2.75, 3.05) is 18.4 Å². The second-order valence-corrected chi connectivity index (χ2v) is 8.79. The van der Waals surface area contributed by atoms with Crippen LogP contribution in [0.4, 0.5) is 5.82 Å². The van der Waals surface area contributed by atoms with Crippen LogP contribution in [0.3, 0.4) is 0 Å². The van der Waals surface area contributed by atoms with Gasteiger partial charge in [-0.3, -0.25) is 4.79 Å². The molecule has 164 valence electrons. The smallest absolute Gasteiger partial charge is 0.222 e. The summed E-state index contributed by atoms with van der Waals surface area (Å²) >= 11 is 6.44. The van der Waals surface area contributed by atoms with Gasteiger partial charge in [0.1, 0.15) is 11.6 Å². The number of nitrogens with zero attached hydrogens (tertiary/aromatic N) is 4. The van der Waals surface area contributed by atoms with E-state index in [1.807, 2.05) is 38.1 Å². The van der Waals surface area contributed by atoms with E-state index < -0.39 is 0 Å². The zero-order chi connectivity index (χ0) is 21.8. The molecule has 0 unspecified atom stereocenters. The Morgan fingerprint density at radius 2 is 1.94 bits per heavy atom. The highest BCUT2D eigenvalue weighted by molar-refractivity contribution is 6.32. The maximum Gasteiger partial charge on any atom is 0.222 e. The van der Waals surface area contributed by atoms with Crippen LogP contribution in [0, 0.1) is 5.92 Å². The highest BCUT2D eigenvalue weighted by Gasteiger charge is 2.22. The summed E-state index contributed by atoms with van der Waals surface area (Å²) in [6, 6.07) is 7.63. The van der Waals surface area contributed by atoms with Crippen molar-refractivity contribution in [1.29, 1.82) is 0 Å². The summed E-state index contributed by atoms with van der Waals surface area (Å²) in [6.45, 7) is 4.87. The first-order valence-corrected chi connectivity index (χ1v) is 11.4. The Kier molecular flexibility index (Phi) is 6.70. The molecule has 2 heterocycles. The molecule has 0 aliphatic heterocycles. The summed E-state index contributed by atoms with van der Waals surface area (Å²) in [5.74, 6) is 1.98. The third kappa shape index (κ3) is 4.82. The Balaban J connectivity index is 1.67. The van der Waals surface area contributed by atoms with Crippen LogP contribution in [-0.2, 0) is 4.79 Å². The largest absolute Gasteiger partial charge is 0.368 e. The molecule has 1 saturated carbocycles. The highest BCUT2D eigenvalue weighted by Crippen LogP contribution is 2.33. The van der Waals surface area contributed by atoms with Gasteiger partial charge >= 0.3 is 0 Å². The van der Waals surface area contributed by atoms with E-state index in [0.29, 0.717) is 24.0 Å². The number of para-hydroxylation sites is 1. The molecule has 1 fully saturated rings. The monoisotopic (exact) mass is 440 g/mol. The van der Waals surface area contributed by atoms with Gasteiger partial charge in [-0.2, -0.15) is 5.10 Å². The molecule has 4 rings (SSSR count). The molecule has 8 heteroatoms. The molecule has 3 aromatic rings. The Labute approximate surface area is 187 Å². The zero-order valence-corrected chi connectivity index (χ0v) is 18.8. The number of aromatic nitrogens is 4. The lowest BCUT2D eigenvalue weighted by atomic mass is 9.88. The maximum absolute atomic E-state index is 11.8. The van der Waals surface area contributed by atoms with Crippen LogP contribution < -0.4 is 10.6 Å². The van der Waals surface area contributed by atoms with Crippen molar-refractivity contribution in [3.63, 3.8) is 0 Å². The van der Waals surface area contributed by atoms with E-state index in [4.69, 9.17) is 21.6 Å². The van der Waals surface area contributed by atoms with Gasteiger partial charge in [-0.25, -0.2) is 14.6 Å². The van der Waals surface area contributed by atoms with Crippen molar-refractivity contribution in [3.8, 4) is 5.69 Å². The Bertz CT molecular complexity index is 1060. The van der Waals surface area contributed by atoms with Crippen molar-refractivity contribution in [1.82, 2.24) is 25.1 Å². The summed E-state index contributed by atoms with van der Waals surface area (Å²) in [4.78, 5) is 21.7. The van der Waals surface area contributed by atoms with Gasteiger partial charge in [-0.15, -0.1) is 0 Å². The number of benzene rings is 1. The summed E-state index contributed by atoms with van der Waals surface area (Å²) in [5, 5.41) is 12.4. The Morgan fingerprint density at radius 3 is 2.68 bits per heavy atom. The van der Waals surface area contributed by atoms with Gasteiger partial charge in [0, 0.05) is 24.9 Å². The average molecular weight is 441 g/mol. The van der Waals surface area contributed by atoms with Gasteiger partial charge < -0.3 is 10.6 Å². The molecule has 7 nitrogen and oxygen atoms in total. The highest BCUT2D eigenvalue weighted by atomic mass is 35.5. The fraction of sp³-hybridized carbons (Fsp3) is 0.478. The molecule has 1 aliphatic carbocycles. The fourth-order valence-corrected chi connectivity index (χ4v) is 4.19. The molecule has 2 N–H and O–H groups in total. The first-order chi connectivity index (χ1) is 15.0. The van der Waals surface area contributed by atoms with Crippen LogP contribution >= 0.6 is 11.6 Å². The SMILES string of the molecule is CC(C)C(=O)NCCNc1nc(C2CCCCC2)nc2c1cnn2-c1ccccc1Cl. The van der Waals surface area contributed by atoms with Gasteiger partial charge in [0.05, 0.1) is 22.3 Å². The van der Waals surface area contributed by atoms with Crippen molar-refractivity contribution < 1.29 is 4.79 Å². The molecule has 0 atom stereocenters. The lowest BCUT2D eigenvalue weighted by Crippen LogP contribution is -2.32. The van der Waals surface area contributed by atoms with E-state index >= 15 is 0 Å². The molecular formula is C23H29ClN6O. The van der Waals surface area contributed by atoms with Crippen molar-refractivity contribution in [2.24, 2.45) is 5.92 Å². The molecule has 31 heavy (non-hydrogen) atoms. The van der Waals surface area contributed by atoms with Gasteiger partial charge in [-0.1, -0.05) is 56.8 Å². The second-order valence-electron chi connectivity index (χ2n) is 8.38. The number of anilines is 1. The Hall–Kier alpha value is -2.67. The maximum atomic E-state index is 11.8. The summed E-state index contributed by atoms with van der Waals surface area (Å²) in [7, 11) is 0. The third-order valence-electron chi connectivity index (χ3n) is 5.74. The Morgan fingerprint density at radius 1 is 1.16 bits per heavy atom. The molecule has 1 amide bonds. The zero-order valence-electron chi connectivity index (χ0n) is 18.1. The molecule has 2 aromatic heterocycles. The van der Waals surface area contributed by atoms with Gasteiger partial charge in [-0.05, 0) is 25.0 Å². The lowest BCUT2D eigenvalue weighted by Gasteiger charge is -2.21. The molecule has 0 bridgehead atoms. The molecule has 0 radical (unpaired) electrons. The van der Waals surface area contributed by atoms with Gasteiger partial charge in [0.2, 0.25) is 5.91 Å². The molecular weight excluding hydrogens is 412 g/mol. The minimum absolute atomic E-state index is 0.0301. The number of rotatable bonds is 7. The van der Waals surface area contributed by atoms with Crippen molar-refractivity contribution in [3.05, 3.63) is 41.3 Å².